The third kappa shape index (κ3) is 5.01. The Morgan fingerprint density at radius 1 is 1.11 bits per heavy atom. The lowest BCUT2D eigenvalue weighted by atomic mass is 10.1. The molecule has 0 aliphatic carbocycles. The van der Waals surface area contributed by atoms with Gasteiger partial charge in [-0.1, -0.05) is 57.5 Å². The van der Waals surface area contributed by atoms with Gasteiger partial charge in [0, 0.05) is 26.0 Å². The van der Waals surface area contributed by atoms with E-state index in [2.05, 4.69) is 63.3 Å². The molecule has 5 nitrogen and oxygen atoms in total. The number of thioether (sulfide) groups is 1. The van der Waals surface area contributed by atoms with Crippen molar-refractivity contribution in [2.75, 3.05) is 11.1 Å². The van der Waals surface area contributed by atoms with Crippen LogP contribution in [-0.2, 0) is 11.8 Å². The molecule has 1 amide bonds. The minimum Gasteiger partial charge on any atom is -0.323 e. The summed E-state index contributed by atoms with van der Waals surface area (Å²) in [4.78, 5) is 12.4. The molecule has 1 heterocycles. The fraction of sp³-hybridized carbons (Fsp3) is 0.167. The summed E-state index contributed by atoms with van der Waals surface area (Å²) >= 11 is 11.7. The number of benzene rings is 2. The Balaban J connectivity index is 1.67. The lowest BCUT2D eigenvalue weighted by Crippen LogP contribution is -2.15. The summed E-state index contributed by atoms with van der Waals surface area (Å²) < 4.78 is 4.40. The van der Waals surface area contributed by atoms with Crippen LogP contribution in [0, 0.1) is 6.92 Å². The number of nitrogens with one attached hydrogen (secondary N) is 1. The predicted octanol–water partition coefficient (Wildman–Crippen LogP) is 5.81. The van der Waals surface area contributed by atoms with Crippen molar-refractivity contribution < 1.29 is 4.79 Å². The van der Waals surface area contributed by atoms with Crippen molar-refractivity contribution in [2.24, 2.45) is 7.05 Å². The Bertz CT molecular complexity index is 966. The van der Waals surface area contributed by atoms with Crippen LogP contribution < -0.4 is 5.32 Å². The number of halogens is 3. The molecule has 0 saturated carbocycles. The lowest BCUT2D eigenvalue weighted by Gasteiger charge is -2.10. The van der Waals surface area contributed by atoms with Crippen LogP contribution in [0.3, 0.4) is 0 Å². The first-order chi connectivity index (χ1) is 12.8. The molecule has 1 aromatic heterocycles. The summed E-state index contributed by atoms with van der Waals surface area (Å²) in [6.07, 6.45) is 0. The lowest BCUT2D eigenvalue weighted by molar-refractivity contribution is -0.113. The topological polar surface area (TPSA) is 59.8 Å². The first-order valence-corrected chi connectivity index (χ1v) is 11.2. The highest BCUT2D eigenvalue weighted by atomic mass is 79.9. The van der Waals surface area contributed by atoms with E-state index < -0.39 is 0 Å². The molecule has 0 aliphatic heterocycles. The fourth-order valence-corrected chi connectivity index (χ4v) is 5.53. The first-order valence-electron chi connectivity index (χ1n) is 7.89. The van der Waals surface area contributed by atoms with Gasteiger partial charge in [-0.3, -0.25) is 4.79 Å². The second-order valence-corrected chi connectivity index (χ2v) is 9.38. The summed E-state index contributed by atoms with van der Waals surface area (Å²) in [5.41, 5.74) is 2.88. The largest absolute Gasteiger partial charge is 0.323 e. The van der Waals surface area contributed by atoms with E-state index in [0.29, 0.717) is 10.8 Å². The smallest absolute Gasteiger partial charge is 0.234 e. The van der Waals surface area contributed by atoms with E-state index in [9.17, 15) is 4.79 Å². The van der Waals surface area contributed by atoms with Gasteiger partial charge in [0.2, 0.25) is 5.91 Å². The van der Waals surface area contributed by atoms with Gasteiger partial charge in [0.25, 0.3) is 0 Å². The standard InChI is InChI=1S/C18H15Br3N4OS/c1-10-3-5-11(6-4-10)17-23-24-18(25(17)2)27-9-15(26)22-16-13(20)7-12(19)8-14(16)21/h3-8H,9H2,1-2H3,(H,22,26). The normalized spacial score (nSPS) is 10.9. The second-order valence-electron chi connectivity index (χ2n) is 5.81. The van der Waals surface area contributed by atoms with Crippen LogP contribution in [-0.4, -0.2) is 26.4 Å². The maximum atomic E-state index is 12.4. The zero-order valence-corrected chi connectivity index (χ0v) is 20.0. The van der Waals surface area contributed by atoms with Gasteiger partial charge in [-0.05, 0) is 50.9 Å². The van der Waals surface area contributed by atoms with Crippen LogP contribution in [0.15, 0.2) is 55.0 Å². The Morgan fingerprint density at radius 2 is 1.74 bits per heavy atom. The average Bonchev–Trinajstić information content (AvgIpc) is 2.98. The molecule has 9 heteroatoms. The molecule has 0 bridgehead atoms. The highest BCUT2D eigenvalue weighted by Gasteiger charge is 2.15. The van der Waals surface area contributed by atoms with Gasteiger partial charge in [-0.2, -0.15) is 0 Å². The molecule has 0 aliphatic rings. The van der Waals surface area contributed by atoms with Crippen LogP contribution in [0.25, 0.3) is 11.4 Å². The van der Waals surface area contributed by atoms with Crippen molar-refractivity contribution in [2.45, 2.75) is 12.1 Å². The van der Waals surface area contributed by atoms with Crippen molar-refractivity contribution in [3.63, 3.8) is 0 Å². The zero-order valence-electron chi connectivity index (χ0n) is 14.5. The highest BCUT2D eigenvalue weighted by Crippen LogP contribution is 2.34. The van der Waals surface area contributed by atoms with Crippen molar-refractivity contribution >= 4 is 71.1 Å². The SMILES string of the molecule is Cc1ccc(-c2nnc(SCC(=O)Nc3c(Br)cc(Br)cc3Br)n2C)cc1. The Hall–Kier alpha value is -1.16. The molecular weight excluding hydrogens is 560 g/mol. The first kappa shape index (κ1) is 20.6. The fourth-order valence-electron chi connectivity index (χ4n) is 2.36. The molecule has 0 spiro atoms. The number of aryl methyl sites for hydroxylation is 1. The predicted molar refractivity (Wildman–Crippen MR) is 120 cm³/mol. The molecule has 0 unspecified atom stereocenters. The summed E-state index contributed by atoms with van der Waals surface area (Å²) in [5.74, 6) is 0.884. The van der Waals surface area contributed by atoms with Gasteiger partial charge in [-0.15, -0.1) is 10.2 Å². The van der Waals surface area contributed by atoms with Crippen molar-refractivity contribution in [1.82, 2.24) is 14.8 Å². The minimum absolute atomic E-state index is 0.122. The van der Waals surface area contributed by atoms with Crippen LogP contribution in [0.1, 0.15) is 5.56 Å². The Kier molecular flexibility index (Phi) is 6.78. The van der Waals surface area contributed by atoms with E-state index in [0.717, 1.165) is 24.8 Å². The third-order valence-electron chi connectivity index (χ3n) is 3.75. The van der Waals surface area contributed by atoms with Crippen LogP contribution in [0.4, 0.5) is 5.69 Å². The molecule has 1 N–H and O–H groups in total. The van der Waals surface area contributed by atoms with E-state index in [-0.39, 0.29) is 11.7 Å². The average molecular weight is 575 g/mol. The monoisotopic (exact) mass is 572 g/mol. The van der Waals surface area contributed by atoms with Gasteiger partial charge >= 0.3 is 0 Å². The number of anilines is 1. The van der Waals surface area contributed by atoms with E-state index in [4.69, 9.17) is 0 Å². The van der Waals surface area contributed by atoms with Gasteiger partial charge in [0.15, 0.2) is 11.0 Å². The quantitative estimate of drug-likeness (QED) is 0.391. The molecular formula is C18H15Br3N4OS. The Morgan fingerprint density at radius 3 is 2.37 bits per heavy atom. The van der Waals surface area contributed by atoms with E-state index >= 15 is 0 Å². The number of carbonyl (C=O) groups excluding carboxylic acids is 1. The summed E-state index contributed by atoms with van der Waals surface area (Å²) in [7, 11) is 1.90. The number of nitrogens with zero attached hydrogens (tertiary/aromatic N) is 3. The maximum absolute atomic E-state index is 12.4. The van der Waals surface area contributed by atoms with Crippen molar-refractivity contribution in [3.05, 3.63) is 55.4 Å². The molecule has 27 heavy (non-hydrogen) atoms. The molecule has 0 radical (unpaired) electrons. The van der Waals surface area contributed by atoms with Crippen LogP contribution >= 0.6 is 59.6 Å². The number of amides is 1. The number of aromatic nitrogens is 3. The Labute approximate surface area is 186 Å². The maximum Gasteiger partial charge on any atom is 0.234 e. The summed E-state index contributed by atoms with van der Waals surface area (Å²) in [6, 6.07) is 11.9. The highest BCUT2D eigenvalue weighted by molar-refractivity contribution is 9.11. The minimum atomic E-state index is -0.122. The van der Waals surface area contributed by atoms with E-state index in [1.165, 1.54) is 17.3 Å². The van der Waals surface area contributed by atoms with Gasteiger partial charge in [-0.25, -0.2) is 0 Å². The molecule has 3 aromatic rings. The van der Waals surface area contributed by atoms with Gasteiger partial charge in [0.1, 0.15) is 0 Å². The molecule has 0 saturated heterocycles. The molecule has 0 fully saturated rings. The zero-order chi connectivity index (χ0) is 19.6. The van der Waals surface area contributed by atoms with Gasteiger partial charge < -0.3 is 9.88 Å². The summed E-state index contributed by atoms with van der Waals surface area (Å²) in [6.45, 7) is 2.04. The molecule has 2 aromatic carbocycles. The van der Waals surface area contributed by atoms with Crippen molar-refractivity contribution in [1.29, 1.82) is 0 Å². The summed E-state index contributed by atoms with van der Waals surface area (Å²) in [5, 5.41) is 12.1. The van der Waals surface area contributed by atoms with Crippen LogP contribution in [0.5, 0.6) is 0 Å². The number of hydrogen-bond acceptors (Lipinski definition) is 4. The molecule has 0 atom stereocenters. The number of rotatable bonds is 5. The van der Waals surface area contributed by atoms with E-state index in [1.807, 2.05) is 54.9 Å². The second kappa shape index (κ2) is 8.89. The molecule has 3 rings (SSSR count). The van der Waals surface area contributed by atoms with Crippen LogP contribution in [0.2, 0.25) is 0 Å². The number of hydrogen-bond donors (Lipinski definition) is 1. The number of carbonyl (C=O) groups is 1. The van der Waals surface area contributed by atoms with Crippen molar-refractivity contribution in [3.8, 4) is 11.4 Å². The van der Waals surface area contributed by atoms with Gasteiger partial charge in [0.05, 0.1) is 11.4 Å². The van der Waals surface area contributed by atoms with E-state index in [1.54, 1.807) is 0 Å². The third-order valence-corrected chi connectivity index (χ3v) is 6.48. The molecule has 140 valence electrons.